The third-order valence-corrected chi connectivity index (χ3v) is 8.16. The van der Waals surface area contributed by atoms with E-state index in [4.69, 9.17) is 14.2 Å². The first-order valence-electron chi connectivity index (χ1n) is 13.1. The van der Waals surface area contributed by atoms with Crippen LogP contribution < -0.4 is 14.9 Å². The Balaban J connectivity index is 1.46. The van der Waals surface area contributed by atoms with Gasteiger partial charge in [0.25, 0.3) is 0 Å². The van der Waals surface area contributed by atoms with Crippen molar-refractivity contribution in [3.05, 3.63) is 68.1 Å². The van der Waals surface area contributed by atoms with Crippen molar-refractivity contribution in [2.45, 2.75) is 45.1 Å². The van der Waals surface area contributed by atoms with Crippen LogP contribution in [0.3, 0.4) is 0 Å². The minimum absolute atomic E-state index is 0.0448. The molecule has 0 radical (unpaired) electrons. The maximum absolute atomic E-state index is 13.0. The molecular formula is C29H34N2O5S. The molecule has 2 aliphatic heterocycles. The molecule has 0 aliphatic carbocycles. The number of thiophene rings is 1. The summed E-state index contributed by atoms with van der Waals surface area (Å²) >= 11 is 1.66. The maximum Gasteiger partial charge on any atom is 0.343 e. The molecule has 1 fully saturated rings. The van der Waals surface area contributed by atoms with Crippen LogP contribution in [0.25, 0.3) is 11.3 Å². The molecule has 0 spiro atoms. The highest BCUT2D eigenvalue weighted by atomic mass is 32.1. The number of fused-ring (bicyclic) bond motifs is 3. The highest BCUT2D eigenvalue weighted by Crippen LogP contribution is 2.43. The summed E-state index contributed by atoms with van der Waals surface area (Å²) in [4.78, 5) is 29.1. The number of benzene rings is 1. The van der Waals surface area contributed by atoms with Crippen molar-refractivity contribution in [2.75, 3.05) is 40.0 Å². The molecule has 1 atom stereocenters. The third kappa shape index (κ3) is 5.45. The largest absolute Gasteiger partial charge is 0.493 e. The number of carbonyl (C=O) groups excluding carboxylic acids is 1. The highest BCUT2D eigenvalue weighted by Gasteiger charge is 2.29. The van der Waals surface area contributed by atoms with Gasteiger partial charge in [0.15, 0.2) is 16.9 Å². The SMILES string of the molecule is CCOC(=O)c1cn2c(cc1=O)-c1cc(OC)c(OCCCN3CCCCC3)cc1CC2c1cccs1. The standard InChI is InChI=1S/C29H34N2O5S/c1-3-35-29(33)22-19-31-23(18-25(22)32)21-17-26(34-2)27(36-13-8-12-30-10-5-4-6-11-30)16-20(21)15-24(31)28-9-7-14-37-28/h7,9,14,16-19,24H,3-6,8,10-13,15H2,1-2H3. The molecular weight excluding hydrogens is 488 g/mol. The Kier molecular flexibility index (Phi) is 7.96. The van der Waals surface area contributed by atoms with Crippen LogP contribution >= 0.6 is 11.3 Å². The van der Waals surface area contributed by atoms with Gasteiger partial charge in [0.05, 0.1) is 32.1 Å². The molecule has 2 aromatic heterocycles. The summed E-state index contributed by atoms with van der Waals surface area (Å²) in [6, 6.07) is 9.63. The first-order chi connectivity index (χ1) is 18.1. The van der Waals surface area contributed by atoms with Crippen LogP contribution in [0.1, 0.15) is 59.4 Å². The quantitative estimate of drug-likeness (QED) is 0.286. The molecule has 0 bridgehead atoms. The first-order valence-corrected chi connectivity index (χ1v) is 14.0. The molecule has 5 rings (SSSR count). The number of rotatable bonds is 9. The number of ether oxygens (including phenoxy) is 3. The monoisotopic (exact) mass is 522 g/mol. The Bertz CT molecular complexity index is 1290. The lowest BCUT2D eigenvalue weighted by Gasteiger charge is -2.31. The first kappa shape index (κ1) is 25.5. The highest BCUT2D eigenvalue weighted by molar-refractivity contribution is 7.10. The number of esters is 1. The number of hydrogen-bond donors (Lipinski definition) is 0. The smallest absolute Gasteiger partial charge is 0.343 e. The molecule has 8 heteroatoms. The van der Waals surface area contributed by atoms with Gasteiger partial charge in [-0.2, -0.15) is 0 Å². The third-order valence-electron chi connectivity index (χ3n) is 7.19. The number of aromatic nitrogens is 1. The molecule has 4 heterocycles. The molecule has 1 aromatic carbocycles. The van der Waals surface area contributed by atoms with Gasteiger partial charge in [-0.3, -0.25) is 4.79 Å². The summed E-state index contributed by atoms with van der Waals surface area (Å²) < 4.78 is 19.1. The Morgan fingerprint density at radius 3 is 2.70 bits per heavy atom. The zero-order valence-corrected chi connectivity index (χ0v) is 22.4. The fourth-order valence-corrected chi connectivity index (χ4v) is 6.17. The predicted octanol–water partition coefficient (Wildman–Crippen LogP) is 5.16. The molecule has 1 unspecified atom stereocenters. The van der Waals surface area contributed by atoms with Crippen LogP contribution in [0.4, 0.5) is 0 Å². The summed E-state index contributed by atoms with van der Waals surface area (Å²) in [5.74, 6) is 0.771. The summed E-state index contributed by atoms with van der Waals surface area (Å²) in [5, 5.41) is 2.05. The molecule has 37 heavy (non-hydrogen) atoms. The van der Waals surface area contributed by atoms with E-state index >= 15 is 0 Å². The van der Waals surface area contributed by atoms with Crippen LogP contribution in [0.5, 0.6) is 11.5 Å². The van der Waals surface area contributed by atoms with Crippen molar-refractivity contribution in [3.8, 4) is 22.8 Å². The number of methoxy groups -OCH3 is 1. The summed E-state index contributed by atoms with van der Waals surface area (Å²) in [5.41, 5.74) is 2.47. The number of nitrogens with zero attached hydrogens (tertiary/aromatic N) is 2. The van der Waals surface area contributed by atoms with E-state index in [1.807, 2.05) is 22.1 Å². The van der Waals surface area contributed by atoms with Gasteiger partial charge in [0.1, 0.15) is 5.56 Å². The van der Waals surface area contributed by atoms with Crippen LogP contribution in [0, 0.1) is 0 Å². The molecule has 2 aliphatic rings. The average Bonchev–Trinajstić information content (AvgIpc) is 3.45. The van der Waals surface area contributed by atoms with E-state index in [0.717, 1.165) is 40.4 Å². The topological polar surface area (TPSA) is 70.0 Å². The minimum Gasteiger partial charge on any atom is -0.493 e. The van der Waals surface area contributed by atoms with Gasteiger partial charge in [0, 0.05) is 29.2 Å². The Labute approximate surface area is 221 Å². The molecule has 1 saturated heterocycles. The average molecular weight is 523 g/mol. The molecule has 7 nitrogen and oxygen atoms in total. The zero-order valence-electron chi connectivity index (χ0n) is 21.5. The Morgan fingerprint density at radius 1 is 1.14 bits per heavy atom. The predicted molar refractivity (Wildman–Crippen MR) is 145 cm³/mol. The second kappa shape index (κ2) is 11.5. The van der Waals surface area contributed by atoms with Crippen molar-refractivity contribution in [1.29, 1.82) is 0 Å². The zero-order chi connectivity index (χ0) is 25.8. The second-order valence-electron chi connectivity index (χ2n) is 9.56. The molecule has 0 saturated carbocycles. The van der Waals surface area contributed by atoms with E-state index in [-0.39, 0.29) is 23.6 Å². The lowest BCUT2D eigenvalue weighted by Crippen LogP contribution is -2.31. The summed E-state index contributed by atoms with van der Waals surface area (Å²) in [6.45, 7) is 5.99. The lowest BCUT2D eigenvalue weighted by atomic mass is 9.91. The fraction of sp³-hybridized carbons (Fsp3) is 0.448. The Hall–Kier alpha value is -3.10. The molecule has 0 amide bonds. The van der Waals surface area contributed by atoms with Crippen LogP contribution in [-0.4, -0.2) is 55.4 Å². The van der Waals surface area contributed by atoms with Gasteiger partial charge in [-0.15, -0.1) is 11.3 Å². The van der Waals surface area contributed by atoms with E-state index in [1.165, 1.54) is 32.4 Å². The van der Waals surface area contributed by atoms with Crippen LogP contribution in [0.15, 0.2) is 46.7 Å². The number of carbonyl (C=O) groups is 1. The van der Waals surface area contributed by atoms with Crippen molar-refractivity contribution in [3.63, 3.8) is 0 Å². The number of likely N-dealkylation sites (tertiary alicyclic amines) is 1. The van der Waals surface area contributed by atoms with Gasteiger partial charge in [-0.25, -0.2) is 4.79 Å². The van der Waals surface area contributed by atoms with E-state index < -0.39 is 5.97 Å². The van der Waals surface area contributed by atoms with E-state index in [1.54, 1.807) is 37.6 Å². The number of pyridine rings is 1. The maximum atomic E-state index is 13.0. The minimum atomic E-state index is -0.593. The second-order valence-corrected chi connectivity index (χ2v) is 10.5. The van der Waals surface area contributed by atoms with E-state index in [2.05, 4.69) is 17.0 Å². The van der Waals surface area contributed by atoms with Crippen LogP contribution in [-0.2, 0) is 11.2 Å². The van der Waals surface area contributed by atoms with Crippen molar-refractivity contribution in [1.82, 2.24) is 9.47 Å². The molecule has 196 valence electrons. The fourth-order valence-electron chi connectivity index (χ4n) is 5.35. The van der Waals surface area contributed by atoms with Crippen molar-refractivity contribution < 1.29 is 19.0 Å². The molecule has 3 aromatic rings. The molecule has 0 N–H and O–H groups in total. The van der Waals surface area contributed by atoms with Gasteiger partial charge in [-0.05, 0) is 74.8 Å². The van der Waals surface area contributed by atoms with E-state index in [9.17, 15) is 9.59 Å². The number of piperidine rings is 1. The van der Waals surface area contributed by atoms with Gasteiger partial charge in [-0.1, -0.05) is 12.5 Å². The Morgan fingerprint density at radius 2 is 1.97 bits per heavy atom. The van der Waals surface area contributed by atoms with Gasteiger partial charge in [0.2, 0.25) is 0 Å². The summed E-state index contributed by atoms with van der Waals surface area (Å²) in [7, 11) is 1.64. The van der Waals surface area contributed by atoms with Crippen LogP contribution in [0.2, 0.25) is 0 Å². The van der Waals surface area contributed by atoms with Crippen molar-refractivity contribution in [2.24, 2.45) is 0 Å². The lowest BCUT2D eigenvalue weighted by molar-refractivity contribution is 0.0523. The van der Waals surface area contributed by atoms with Gasteiger partial charge < -0.3 is 23.7 Å². The summed E-state index contributed by atoms with van der Waals surface area (Å²) in [6.07, 6.45) is 7.24. The normalized spacial score (nSPS) is 17.1. The van der Waals surface area contributed by atoms with Gasteiger partial charge >= 0.3 is 5.97 Å². The number of hydrogen-bond acceptors (Lipinski definition) is 7. The van der Waals surface area contributed by atoms with E-state index in [0.29, 0.717) is 18.8 Å². The van der Waals surface area contributed by atoms with Crippen molar-refractivity contribution >= 4 is 17.3 Å².